The third kappa shape index (κ3) is 5.65. The summed E-state index contributed by atoms with van der Waals surface area (Å²) < 4.78 is 0. The first-order chi connectivity index (χ1) is 11.1. The van der Waals surface area contributed by atoms with Crippen LogP contribution in [0.4, 0.5) is 5.69 Å². The summed E-state index contributed by atoms with van der Waals surface area (Å²) in [6.07, 6.45) is 1.04. The Labute approximate surface area is 140 Å². The van der Waals surface area contributed by atoms with Crippen LogP contribution in [0.3, 0.4) is 0 Å². The molecule has 124 valence electrons. The van der Waals surface area contributed by atoms with Crippen molar-refractivity contribution in [3.8, 4) is 0 Å². The number of nitrogens with one attached hydrogen (secondary N) is 2. The van der Waals surface area contributed by atoms with Crippen LogP contribution in [0.15, 0.2) is 29.6 Å². The number of carbonyl (C=O) groups is 1. The maximum absolute atomic E-state index is 11.9. The molecule has 1 aromatic carbocycles. The Kier molecular flexibility index (Phi) is 6.55. The summed E-state index contributed by atoms with van der Waals surface area (Å²) in [4.78, 5) is 16.3. The van der Waals surface area contributed by atoms with Crippen molar-refractivity contribution in [1.82, 2.24) is 10.3 Å². The number of aliphatic hydroxyl groups is 1. The molecule has 1 amide bonds. The number of carbonyl (C=O) groups excluding carboxylic acids is 1. The van der Waals surface area contributed by atoms with Crippen LogP contribution in [0, 0.1) is 6.92 Å². The van der Waals surface area contributed by atoms with E-state index in [0.717, 1.165) is 28.4 Å². The number of rotatable bonds is 8. The van der Waals surface area contributed by atoms with Gasteiger partial charge in [0.15, 0.2) is 0 Å². The molecule has 0 radical (unpaired) electrons. The molecule has 3 N–H and O–H groups in total. The molecule has 0 saturated carbocycles. The second-order valence-electron chi connectivity index (χ2n) is 5.44. The number of hydrogen-bond acceptors (Lipinski definition) is 5. The minimum absolute atomic E-state index is 0.0266. The molecule has 0 unspecified atom stereocenters. The van der Waals surface area contributed by atoms with Crippen molar-refractivity contribution in [2.24, 2.45) is 0 Å². The van der Waals surface area contributed by atoms with Crippen LogP contribution in [-0.4, -0.2) is 28.6 Å². The lowest BCUT2D eigenvalue weighted by atomic mass is 10.1. The van der Waals surface area contributed by atoms with Crippen LogP contribution in [0.1, 0.15) is 29.6 Å². The van der Waals surface area contributed by atoms with E-state index < -0.39 is 0 Å². The zero-order chi connectivity index (χ0) is 16.7. The summed E-state index contributed by atoms with van der Waals surface area (Å²) in [5.41, 5.74) is 2.98. The summed E-state index contributed by atoms with van der Waals surface area (Å²) in [6.45, 7) is 4.60. The molecule has 0 bridgehead atoms. The first-order valence-corrected chi connectivity index (χ1v) is 8.62. The van der Waals surface area contributed by atoms with Crippen molar-refractivity contribution in [3.63, 3.8) is 0 Å². The van der Waals surface area contributed by atoms with E-state index in [9.17, 15) is 4.79 Å². The molecule has 6 heteroatoms. The smallest absolute Gasteiger partial charge is 0.224 e. The molecule has 0 aliphatic heterocycles. The second kappa shape index (κ2) is 8.64. The van der Waals surface area contributed by atoms with Crippen LogP contribution >= 0.6 is 11.3 Å². The molecule has 0 aliphatic rings. The topological polar surface area (TPSA) is 74.2 Å². The number of benzene rings is 1. The number of aromatic nitrogens is 1. The van der Waals surface area contributed by atoms with E-state index in [1.165, 1.54) is 0 Å². The van der Waals surface area contributed by atoms with Gasteiger partial charge in [-0.15, -0.1) is 11.3 Å². The first-order valence-electron chi connectivity index (χ1n) is 7.74. The van der Waals surface area contributed by atoms with Crippen molar-refractivity contribution in [2.45, 2.75) is 39.3 Å². The Morgan fingerprint density at radius 1 is 1.35 bits per heavy atom. The van der Waals surface area contributed by atoms with Gasteiger partial charge in [-0.25, -0.2) is 4.98 Å². The Morgan fingerprint density at radius 3 is 2.65 bits per heavy atom. The molecule has 1 aromatic heterocycles. The van der Waals surface area contributed by atoms with Crippen molar-refractivity contribution >= 4 is 22.9 Å². The molecule has 1 atom stereocenters. The highest BCUT2D eigenvalue weighted by molar-refractivity contribution is 7.09. The molecule has 1 heterocycles. The Bertz CT molecular complexity index is 621. The van der Waals surface area contributed by atoms with Crippen molar-refractivity contribution in [3.05, 3.63) is 45.9 Å². The minimum atomic E-state index is -0.162. The Hall–Kier alpha value is -1.92. The highest BCUT2D eigenvalue weighted by atomic mass is 32.1. The van der Waals surface area contributed by atoms with Crippen LogP contribution in [-0.2, 0) is 17.8 Å². The van der Waals surface area contributed by atoms with Gasteiger partial charge in [0.2, 0.25) is 5.91 Å². The molecule has 2 rings (SSSR count). The lowest BCUT2D eigenvalue weighted by molar-refractivity contribution is -0.121. The van der Waals surface area contributed by atoms with Gasteiger partial charge in [-0.2, -0.15) is 0 Å². The Morgan fingerprint density at radius 2 is 2.09 bits per heavy atom. The summed E-state index contributed by atoms with van der Waals surface area (Å²) in [6, 6.07) is 7.64. The van der Waals surface area contributed by atoms with Gasteiger partial charge in [-0.05, 0) is 31.0 Å². The number of amides is 1. The van der Waals surface area contributed by atoms with Crippen LogP contribution in [0.25, 0.3) is 0 Å². The van der Waals surface area contributed by atoms with Crippen molar-refractivity contribution in [1.29, 1.82) is 0 Å². The summed E-state index contributed by atoms with van der Waals surface area (Å²) in [5, 5.41) is 18.4. The highest BCUT2D eigenvalue weighted by Crippen LogP contribution is 2.13. The highest BCUT2D eigenvalue weighted by Gasteiger charge is 2.09. The fraction of sp³-hybridized carbons (Fsp3) is 0.412. The van der Waals surface area contributed by atoms with E-state index in [1.54, 1.807) is 11.3 Å². The predicted octanol–water partition coefficient (Wildman–Crippen LogP) is 2.49. The molecule has 0 aliphatic carbocycles. The third-order valence-electron chi connectivity index (χ3n) is 3.54. The molecule has 0 saturated heterocycles. The van der Waals surface area contributed by atoms with E-state index in [2.05, 4.69) is 15.6 Å². The number of aryl methyl sites for hydroxylation is 1. The van der Waals surface area contributed by atoms with Crippen LogP contribution in [0.2, 0.25) is 0 Å². The molecule has 2 aromatic rings. The molecule has 0 spiro atoms. The Balaban J connectivity index is 1.83. The molecular formula is C17H23N3O2S. The average molecular weight is 333 g/mol. The average Bonchev–Trinajstić information content (AvgIpc) is 2.97. The van der Waals surface area contributed by atoms with Crippen LogP contribution < -0.4 is 10.6 Å². The molecule has 0 fully saturated rings. The number of nitrogens with zero attached hydrogens (tertiary/aromatic N) is 1. The third-order valence-corrected chi connectivity index (χ3v) is 4.36. The fourth-order valence-corrected chi connectivity index (χ4v) is 2.78. The lowest BCUT2D eigenvalue weighted by Crippen LogP contribution is -2.37. The predicted molar refractivity (Wildman–Crippen MR) is 93.6 cm³/mol. The van der Waals surface area contributed by atoms with Gasteiger partial charge in [0.1, 0.15) is 0 Å². The second-order valence-corrected chi connectivity index (χ2v) is 6.50. The standard InChI is InChI=1S/C17H23N3O2S/c1-3-14(10-21)20-17(22)8-13-4-6-15(7-5-13)18-9-16-11-23-12(2)19-16/h4-7,11,14,18,21H,3,8-10H2,1-2H3,(H,20,22)/t14-/m1/s1. The number of hydrogen-bond donors (Lipinski definition) is 3. The van der Waals surface area contributed by atoms with E-state index >= 15 is 0 Å². The van der Waals surface area contributed by atoms with E-state index in [-0.39, 0.29) is 18.6 Å². The van der Waals surface area contributed by atoms with Gasteiger partial charge in [-0.3, -0.25) is 4.79 Å². The SMILES string of the molecule is CC[C@H](CO)NC(=O)Cc1ccc(NCc2csc(C)n2)cc1. The number of aliphatic hydroxyl groups excluding tert-OH is 1. The first kappa shape index (κ1) is 17.4. The van der Waals surface area contributed by atoms with Gasteiger partial charge in [-0.1, -0.05) is 19.1 Å². The lowest BCUT2D eigenvalue weighted by Gasteiger charge is -2.14. The van der Waals surface area contributed by atoms with Gasteiger partial charge < -0.3 is 15.7 Å². The molecule has 23 heavy (non-hydrogen) atoms. The van der Waals surface area contributed by atoms with Gasteiger partial charge in [0.05, 0.1) is 36.3 Å². The van der Waals surface area contributed by atoms with Gasteiger partial charge >= 0.3 is 0 Å². The zero-order valence-electron chi connectivity index (χ0n) is 13.5. The number of thiazole rings is 1. The minimum Gasteiger partial charge on any atom is -0.394 e. The van der Waals surface area contributed by atoms with E-state index in [4.69, 9.17) is 5.11 Å². The van der Waals surface area contributed by atoms with Crippen molar-refractivity contribution < 1.29 is 9.90 Å². The quantitative estimate of drug-likeness (QED) is 0.694. The molecular weight excluding hydrogens is 310 g/mol. The van der Waals surface area contributed by atoms with Gasteiger partial charge in [0.25, 0.3) is 0 Å². The van der Waals surface area contributed by atoms with E-state index in [0.29, 0.717) is 13.0 Å². The normalized spacial score (nSPS) is 12.0. The largest absolute Gasteiger partial charge is 0.394 e. The zero-order valence-corrected chi connectivity index (χ0v) is 14.3. The fourth-order valence-electron chi connectivity index (χ4n) is 2.16. The maximum Gasteiger partial charge on any atom is 0.224 e. The van der Waals surface area contributed by atoms with E-state index in [1.807, 2.05) is 43.5 Å². The summed E-state index contributed by atoms with van der Waals surface area (Å²) >= 11 is 1.64. The van der Waals surface area contributed by atoms with Crippen LogP contribution in [0.5, 0.6) is 0 Å². The summed E-state index contributed by atoms with van der Waals surface area (Å²) in [5.74, 6) is -0.0652. The maximum atomic E-state index is 11.9. The number of anilines is 1. The molecule has 5 nitrogen and oxygen atoms in total. The monoisotopic (exact) mass is 333 g/mol. The van der Waals surface area contributed by atoms with Crippen molar-refractivity contribution in [2.75, 3.05) is 11.9 Å². The summed E-state index contributed by atoms with van der Waals surface area (Å²) in [7, 11) is 0. The van der Waals surface area contributed by atoms with Gasteiger partial charge in [0, 0.05) is 11.1 Å².